The molecule has 0 aromatic carbocycles. The minimum Gasteiger partial charge on any atom is -0.343 e. The van der Waals surface area contributed by atoms with E-state index in [9.17, 15) is 4.79 Å². The Morgan fingerprint density at radius 2 is 1.82 bits per heavy atom. The molecule has 2 bridgehead atoms. The number of rotatable bonds is 6. The number of allylic oxidation sites excluding steroid dienone is 2. The normalized spacial score (nSPS) is 33.8. The van der Waals surface area contributed by atoms with Crippen LogP contribution in [-0.4, -0.2) is 56.6 Å². The van der Waals surface area contributed by atoms with E-state index in [0.29, 0.717) is 12.2 Å². The van der Waals surface area contributed by atoms with Crippen molar-refractivity contribution in [1.29, 1.82) is 0 Å². The second-order valence-corrected chi connectivity index (χ2v) is 13.9. The first kappa shape index (κ1) is 27.3. The van der Waals surface area contributed by atoms with E-state index in [0.717, 1.165) is 49.2 Å². The Morgan fingerprint density at radius 3 is 2.45 bits per heavy atom. The van der Waals surface area contributed by atoms with Gasteiger partial charge in [-0.1, -0.05) is 19.9 Å². The highest BCUT2D eigenvalue weighted by Gasteiger charge is 2.67. The van der Waals surface area contributed by atoms with Crippen LogP contribution in [0.5, 0.6) is 0 Å². The number of fused-ring (bicyclic) bond motifs is 5. The number of carbonyl (C=O) groups excluding carboxylic acids is 1. The standard InChI is InChI=1S/C31H42N6O3/c1-28(2)12-10-18(11-13-28)23-22(36-27(38)26-33-17-20(34-26)16-32-7)9-8-21(35-23)19-14-30(5)24-25(31(6,15-19)37-30)40-29(3,4)39-24/h8-10,17,19,24-25,37H,7,11-16H2,1-6H3,(H,33,34)(H,36,38)/t19?,24-,25+,30+,31-. The highest BCUT2D eigenvalue weighted by Crippen LogP contribution is 2.54. The largest absolute Gasteiger partial charge is 0.343 e. The molecule has 6 rings (SSSR count). The van der Waals surface area contributed by atoms with E-state index < -0.39 is 5.79 Å². The maximum absolute atomic E-state index is 13.2. The molecule has 0 saturated carbocycles. The predicted octanol–water partition coefficient (Wildman–Crippen LogP) is 5.37. The van der Waals surface area contributed by atoms with Crippen LogP contribution >= 0.6 is 0 Å². The summed E-state index contributed by atoms with van der Waals surface area (Å²) in [5, 5.41) is 6.95. The Hall–Kier alpha value is -2.88. The van der Waals surface area contributed by atoms with E-state index in [1.165, 1.54) is 5.57 Å². The average molecular weight is 547 g/mol. The van der Waals surface area contributed by atoms with Gasteiger partial charge in [0.05, 0.1) is 29.8 Å². The number of ether oxygens (including phenoxy) is 2. The second kappa shape index (κ2) is 9.33. The summed E-state index contributed by atoms with van der Waals surface area (Å²) >= 11 is 0. The van der Waals surface area contributed by atoms with Crippen molar-refractivity contribution in [3.8, 4) is 0 Å². The molecular weight excluding hydrogens is 504 g/mol. The molecule has 9 heteroatoms. The van der Waals surface area contributed by atoms with Crippen molar-refractivity contribution >= 4 is 23.9 Å². The van der Waals surface area contributed by atoms with E-state index in [-0.39, 0.29) is 46.4 Å². The van der Waals surface area contributed by atoms with Crippen molar-refractivity contribution in [1.82, 2.24) is 20.3 Å². The van der Waals surface area contributed by atoms with Crippen molar-refractivity contribution in [2.24, 2.45) is 10.4 Å². The lowest BCUT2D eigenvalue weighted by Crippen LogP contribution is -2.58. The molecule has 3 saturated heterocycles. The summed E-state index contributed by atoms with van der Waals surface area (Å²) in [6.07, 6.45) is 8.69. The number of hydrogen-bond acceptors (Lipinski definition) is 7. The van der Waals surface area contributed by atoms with Crippen molar-refractivity contribution in [3.05, 3.63) is 47.3 Å². The molecule has 4 aliphatic rings. The fourth-order valence-corrected chi connectivity index (χ4v) is 7.32. The smallest absolute Gasteiger partial charge is 0.291 e. The van der Waals surface area contributed by atoms with Gasteiger partial charge in [-0.25, -0.2) is 4.98 Å². The summed E-state index contributed by atoms with van der Waals surface area (Å²) in [6, 6.07) is 4.09. The van der Waals surface area contributed by atoms with Gasteiger partial charge in [0, 0.05) is 22.7 Å². The molecule has 3 fully saturated rings. The van der Waals surface area contributed by atoms with Crippen LogP contribution < -0.4 is 10.6 Å². The van der Waals surface area contributed by atoms with Crippen molar-refractivity contribution in [3.63, 3.8) is 0 Å². The van der Waals surface area contributed by atoms with Gasteiger partial charge in [-0.05, 0) is 89.6 Å². The van der Waals surface area contributed by atoms with E-state index in [1.807, 2.05) is 19.9 Å². The van der Waals surface area contributed by atoms with Crippen LogP contribution in [0.3, 0.4) is 0 Å². The second-order valence-electron chi connectivity index (χ2n) is 13.9. The monoisotopic (exact) mass is 546 g/mol. The molecule has 214 valence electrons. The zero-order valence-corrected chi connectivity index (χ0v) is 24.6. The SMILES string of the molecule is C=NCc1cnc(C(=O)Nc2ccc(C3C[C@@]4(C)N[C@@](C)(C3)[C@@H]3OC(C)(C)O[C@@H]34)nc2C2=CCC(C)(C)CC2)[nH]1. The molecule has 3 aliphatic heterocycles. The number of imidazole rings is 1. The molecule has 3 N–H and O–H groups in total. The first-order valence-corrected chi connectivity index (χ1v) is 14.4. The Labute approximate surface area is 236 Å². The summed E-state index contributed by atoms with van der Waals surface area (Å²) in [4.78, 5) is 29.6. The molecule has 40 heavy (non-hydrogen) atoms. The van der Waals surface area contributed by atoms with E-state index in [2.05, 4.69) is 72.1 Å². The minimum absolute atomic E-state index is 0.00621. The van der Waals surface area contributed by atoms with Crippen LogP contribution in [0, 0.1) is 5.41 Å². The number of nitrogens with one attached hydrogen (secondary N) is 3. The lowest BCUT2D eigenvalue weighted by molar-refractivity contribution is -0.172. The van der Waals surface area contributed by atoms with Gasteiger partial charge < -0.3 is 25.1 Å². The highest BCUT2D eigenvalue weighted by atomic mass is 16.8. The zero-order valence-electron chi connectivity index (χ0n) is 24.6. The molecule has 9 nitrogen and oxygen atoms in total. The molecule has 1 amide bonds. The Bertz CT molecular complexity index is 1350. The van der Waals surface area contributed by atoms with Crippen LogP contribution in [0.15, 0.2) is 29.4 Å². The van der Waals surface area contributed by atoms with Crippen molar-refractivity contribution in [2.75, 3.05) is 5.32 Å². The first-order valence-electron chi connectivity index (χ1n) is 14.4. The number of piperidine rings is 1. The third-order valence-electron chi connectivity index (χ3n) is 9.25. The van der Waals surface area contributed by atoms with E-state index in [4.69, 9.17) is 14.5 Å². The average Bonchev–Trinajstić information content (AvgIpc) is 3.52. The van der Waals surface area contributed by atoms with Gasteiger partial charge in [-0.15, -0.1) is 0 Å². The summed E-state index contributed by atoms with van der Waals surface area (Å²) in [5.74, 6) is -0.387. The molecule has 5 heterocycles. The lowest BCUT2D eigenvalue weighted by atomic mass is 9.76. The third kappa shape index (κ3) is 4.82. The molecular formula is C31H42N6O3. The maximum atomic E-state index is 13.2. The van der Waals surface area contributed by atoms with E-state index in [1.54, 1.807) is 6.20 Å². The summed E-state index contributed by atoms with van der Waals surface area (Å²) in [7, 11) is 0. The van der Waals surface area contributed by atoms with Gasteiger partial charge >= 0.3 is 0 Å². The van der Waals surface area contributed by atoms with Gasteiger partial charge in [0.25, 0.3) is 5.91 Å². The maximum Gasteiger partial charge on any atom is 0.291 e. The van der Waals surface area contributed by atoms with Gasteiger partial charge in [0.15, 0.2) is 11.6 Å². The molecule has 5 atom stereocenters. The van der Waals surface area contributed by atoms with Crippen LogP contribution in [0.2, 0.25) is 0 Å². The summed E-state index contributed by atoms with van der Waals surface area (Å²) in [5.41, 5.74) is 4.38. The summed E-state index contributed by atoms with van der Waals surface area (Å²) < 4.78 is 12.8. The number of pyridine rings is 1. The van der Waals surface area contributed by atoms with Crippen LogP contribution in [0.1, 0.15) is 107 Å². The number of anilines is 1. The van der Waals surface area contributed by atoms with Crippen molar-refractivity contribution in [2.45, 2.75) is 115 Å². The van der Waals surface area contributed by atoms with Crippen LogP contribution in [0.4, 0.5) is 5.69 Å². The molecule has 2 aromatic heterocycles. The molecule has 2 aromatic rings. The minimum atomic E-state index is -0.573. The third-order valence-corrected chi connectivity index (χ3v) is 9.25. The fraction of sp³-hybridized carbons (Fsp3) is 0.613. The topological polar surface area (TPSA) is 114 Å². The highest BCUT2D eigenvalue weighted by molar-refractivity contribution is 6.03. The number of hydrogen-bond donors (Lipinski definition) is 3. The quantitative estimate of drug-likeness (QED) is 0.420. The van der Waals surface area contributed by atoms with Crippen LogP contribution in [-0.2, 0) is 16.0 Å². The summed E-state index contributed by atoms with van der Waals surface area (Å²) in [6.45, 7) is 17.0. The molecule has 0 radical (unpaired) electrons. The number of H-pyrrole nitrogens is 1. The number of amides is 1. The zero-order chi connectivity index (χ0) is 28.5. The fourth-order valence-electron chi connectivity index (χ4n) is 7.32. The van der Waals surface area contributed by atoms with Crippen LogP contribution in [0.25, 0.3) is 5.57 Å². The van der Waals surface area contributed by atoms with Gasteiger partial charge in [-0.3, -0.25) is 14.8 Å². The van der Waals surface area contributed by atoms with Gasteiger partial charge in [0.1, 0.15) is 12.2 Å². The first-order chi connectivity index (χ1) is 18.8. The lowest BCUT2D eigenvalue weighted by Gasteiger charge is -2.44. The molecule has 1 aliphatic carbocycles. The number of aromatic amines is 1. The predicted molar refractivity (Wildman–Crippen MR) is 155 cm³/mol. The Morgan fingerprint density at radius 1 is 1.12 bits per heavy atom. The van der Waals surface area contributed by atoms with E-state index >= 15 is 0 Å². The van der Waals surface area contributed by atoms with Crippen molar-refractivity contribution < 1.29 is 14.3 Å². The Kier molecular flexibility index (Phi) is 6.36. The van der Waals surface area contributed by atoms with Gasteiger partial charge in [0.2, 0.25) is 0 Å². The van der Waals surface area contributed by atoms with Gasteiger partial charge in [-0.2, -0.15) is 0 Å². The Balaban J connectivity index is 1.32. The molecule has 1 unspecified atom stereocenters. The molecule has 0 spiro atoms. The number of nitrogens with zero attached hydrogens (tertiary/aromatic N) is 3. The number of aliphatic imine (C=N–C) groups is 1. The number of aromatic nitrogens is 3. The number of carbonyl (C=O) groups is 1.